The van der Waals surface area contributed by atoms with Gasteiger partial charge in [-0.2, -0.15) is 0 Å². The average molecular weight is 313 g/mol. The van der Waals surface area contributed by atoms with E-state index in [0.717, 1.165) is 32.4 Å². The van der Waals surface area contributed by atoms with Gasteiger partial charge in [0.25, 0.3) is 0 Å². The van der Waals surface area contributed by atoms with Crippen molar-refractivity contribution < 1.29 is 9.53 Å². The summed E-state index contributed by atoms with van der Waals surface area (Å²) in [7, 11) is 0. The summed E-state index contributed by atoms with van der Waals surface area (Å²) in [5.41, 5.74) is 1.39. The fourth-order valence-electron chi connectivity index (χ4n) is 2.34. The zero-order valence-electron chi connectivity index (χ0n) is 12.3. The van der Waals surface area contributed by atoms with Gasteiger partial charge in [0.15, 0.2) is 0 Å². The maximum absolute atomic E-state index is 11.8. The highest BCUT2D eigenvalue weighted by Crippen LogP contribution is 2.05. The lowest BCUT2D eigenvalue weighted by Crippen LogP contribution is -2.51. The Labute approximate surface area is 133 Å². The molecule has 1 aromatic rings. The Morgan fingerprint density at radius 2 is 2.05 bits per heavy atom. The lowest BCUT2D eigenvalue weighted by atomic mass is 10.1. The summed E-state index contributed by atoms with van der Waals surface area (Å²) in [5.74, 6) is 0.0627. The van der Waals surface area contributed by atoms with Crippen molar-refractivity contribution in [3.8, 4) is 0 Å². The van der Waals surface area contributed by atoms with Gasteiger partial charge in [0.2, 0.25) is 5.91 Å². The summed E-state index contributed by atoms with van der Waals surface area (Å²) in [5, 5.41) is 6.12. The number of unbranched alkanes of at least 4 members (excludes halogenated alkanes) is 2. The molecule has 21 heavy (non-hydrogen) atoms. The number of hydrogen-bond donors (Lipinski definition) is 2. The van der Waals surface area contributed by atoms with Crippen LogP contribution in [-0.4, -0.2) is 38.3 Å². The zero-order valence-corrected chi connectivity index (χ0v) is 13.2. The third-order valence-electron chi connectivity index (χ3n) is 3.52. The van der Waals surface area contributed by atoms with Crippen LogP contribution in [-0.2, 0) is 16.0 Å². The highest BCUT2D eigenvalue weighted by Gasteiger charge is 2.20. The van der Waals surface area contributed by atoms with Crippen LogP contribution in [0.4, 0.5) is 0 Å². The summed E-state index contributed by atoms with van der Waals surface area (Å²) < 4.78 is 5.27. The van der Waals surface area contributed by atoms with Gasteiger partial charge in [-0.3, -0.25) is 4.79 Å². The van der Waals surface area contributed by atoms with Crippen molar-refractivity contribution in [3.63, 3.8) is 0 Å². The number of ether oxygens (including phenoxy) is 1. The molecule has 1 heterocycles. The van der Waals surface area contributed by atoms with Crippen molar-refractivity contribution in [1.29, 1.82) is 0 Å². The predicted octanol–water partition coefficient (Wildman–Crippen LogP) is 1.93. The molecule has 118 valence electrons. The van der Waals surface area contributed by atoms with E-state index >= 15 is 0 Å². The van der Waals surface area contributed by atoms with E-state index in [2.05, 4.69) is 34.9 Å². The van der Waals surface area contributed by atoms with Gasteiger partial charge in [-0.25, -0.2) is 0 Å². The smallest absolute Gasteiger partial charge is 0.239 e. The maximum atomic E-state index is 11.8. The molecule has 5 heteroatoms. The molecule has 0 aromatic heterocycles. The van der Waals surface area contributed by atoms with Gasteiger partial charge in [-0.05, 0) is 24.8 Å². The maximum Gasteiger partial charge on any atom is 0.239 e. The largest absolute Gasteiger partial charge is 0.378 e. The van der Waals surface area contributed by atoms with E-state index in [1.165, 1.54) is 12.0 Å². The van der Waals surface area contributed by atoms with Gasteiger partial charge >= 0.3 is 0 Å². The van der Waals surface area contributed by atoms with Crippen molar-refractivity contribution in [2.24, 2.45) is 0 Å². The third kappa shape index (κ3) is 6.93. The minimum atomic E-state index is -0.173. The number of amides is 1. The molecule has 1 fully saturated rings. The monoisotopic (exact) mass is 312 g/mol. The number of nitrogens with one attached hydrogen (secondary N) is 2. The molecule has 1 saturated heterocycles. The SMILES string of the molecule is Cl.O=C(NCCCCCc1ccccc1)C1COCCN1. The van der Waals surface area contributed by atoms with Crippen LogP contribution in [0.15, 0.2) is 30.3 Å². The highest BCUT2D eigenvalue weighted by molar-refractivity contribution is 5.85. The molecule has 4 nitrogen and oxygen atoms in total. The minimum Gasteiger partial charge on any atom is -0.378 e. The van der Waals surface area contributed by atoms with Crippen LogP contribution in [0.1, 0.15) is 24.8 Å². The second-order valence-corrected chi connectivity index (χ2v) is 5.17. The van der Waals surface area contributed by atoms with Crippen molar-refractivity contribution >= 4 is 18.3 Å². The van der Waals surface area contributed by atoms with E-state index in [1.807, 2.05) is 6.07 Å². The number of aryl methyl sites for hydroxylation is 1. The van der Waals surface area contributed by atoms with Crippen LogP contribution in [0.25, 0.3) is 0 Å². The van der Waals surface area contributed by atoms with Crippen molar-refractivity contribution in [2.75, 3.05) is 26.3 Å². The minimum absolute atomic E-state index is 0. The van der Waals surface area contributed by atoms with E-state index < -0.39 is 0 Å². The van der Waals surface area contributed by atoms with Crippen molar-refractivity contribution in [1.82, 2.24) is 10.6 Å². The van der Waals surface area contributed by atoms with E-state index in [-0.39, 0.29) is 24.4 Å². The first kappa shape index (κ1) is 18.0. The first-order valence-electron chi connectivity index (χ1n) is 7.49. The van der Waals surface area contributed by atoms with E-state index in [4.69, 9.17) is 4.74 Å². The normalized spacial score (nSPS) is 17.8. The predicted molar refractivity (Wildman–Crippen MR) is 86.9 cm³/mol. The van der Waals surface area contributed by atoms with E-state index in [1.54, 1.807) is 0 Å². The van der Waals surface area contributed by atoms with E-state index in [0.29, 0.717) is 13.2 Å². The van der Waals surface area contributed by atoms with Gasteiger partial charge in [0, 0.05) is 13.1 Å². The molecule has 0 aliphatic carbocycles. The fourth-order valence-corrected chi connectivity index (χ4v) is 2.34. The molecule has 1 atom stereocenters. The van der Waals surface area contributed by atoms with Crippen LogP contribution in [0.2, 0.25) is 0 Å². The van der Waals surface area contributed by atoms with Gasteiger partial charge in [-0.15, -0.1) is 12.4 Å². The number of morpholine rings is 1. The van der Waals surface area contributed by atoms with Gasteiger partial charge in [0.1, 0.15) is 6.04 Å². The zero-order chi connectivity index (χ0) is 14.0. The van der Waals surface area contributed by atoms with E-state index in [9.17, 15) is 4.79 Å². The number of rotatable bonds is 7. The second kappa shape index (κ2) is 10.6. The highest BCUT2D eigenvalue weighted by atomic mass is 35.5. The molecule has 1 amide bonds. The Morgan fingerprint density at radius 3 is 2.76 bits per heavy atom. The Bertz CT molecular complexity index is 395. The lowest BCUT2D eigenvalue weighted by molar-refractivity contribution is -0.125. The average Bonchev–Trinajstić information content (AvgIpc) is 2.52. The Morgan fingerprint density at radius 1 is 1.24 bits per heavy atom. The summed E-state index contributed by atoms with van der Waals surface area (Å²) in [6.07, 6.45) is 4.47. The van der Waals surface area contributed by atoms with Crippen LogP contribution in [0, 0.1) is 0 Å². The molecule has 0 saturated carbocycles. The van der Waals surface area contributed by atoms with Crippen LogP contribution in [0.3, 0.4) is 0 Å². The summed E-state index contributed by atoms with van der Waals surface area (Å²) in [6.45, 7) is 2.70. The first-order chi connectivity index (χ1) is 9.86. The molecule has 0 radical (unpaired) electrons. The second-order valence-electron chi connectivity index (χ2n) is 5.17. The topological polar surface area (TPSA) is 50.4 Å². The van der Waals surface area contributed by atoms with Crippen LogP contribution < -0.4 is 10.6 Å². The molecule has 2 rings (SSSR count). The van der Waals surface area contributed by atoms with Crippen molar-refractivity contribution in [2.45, 2.75) is 31.7 Å². The molecule has 1 aliphatic rings. The summed E-state index contributed by atoms with van der Waals surface area (Å²) in [4.78, 5) is 11.8. The number of carbonyl (C=O) groups excluding carboxylic acids is 1. The van der Waals surface area contributed by atoms with Crippen LogP contribution in [0.5, 0.6) is 0 Å². The molecule has 1 aromatic carbocycles. The van der Waals surface area contributed by atoms with Crippen molar-refractivity contribution in [3.05, 3.63) is 35.9 Å². The molecule has 2 N–H and O–H groups in total. The Hall–Kier alpha value is -1.10. The van der Waals surface area contributed by atoms with Gasteiger partial charge in [0.05, 0.1) is 13.2 Å². The number of halogens is 1. The standard InChI is InChI=1S/C16H24N2O2.ClH/c19-16(15-13-20-12-11-17-15)18-10-6-2-5-9-14-7-3-1-4-8-14;/h1,3-4,7-8,15,17H,2,5-6,9-13H2,(H,18,19);1H. The Balaban J connectivity index is 0.00000220. The number of carbonyl (C=O) groups is 1. The molecule has 1 aliphatic heterocycles. The first-order valence-corrected chi connectivity index (χ1v) is 7.49. The molecular weight excluding hydrogens is 288 g/mol. The quantitative estimate of drug-likeness (QED) is 0.756. The summed E-state index contributed by atoms with van der Waals surface area (Å²) in [6, 6.07) is 10.4. The van der Waals surface area contributed by atoms with Crippen LogP contribution >= 0.6 is 12.4 Å². The number of hydrogen-bond acceptors (Lipinski definition) is 3. The third-order valence-corrected chi connectivity index (χ3v) is 3.52. The van der Waals surface area contributed by atoms with Gasteiger partial charge < -0.3 is 15.4 Å². The lowest BCUT2D eigenvalue weighted by Gasteiger charge is -2.22. The summed E-state index contributed by atoms with van der Waals surface area (Å²) >= 11 is 0. The molecular formula is C16H25ClN2O2. The number of benzene rings is 1. The molecule has 0 bridgehead atoms. The molecule has 1 unspecified atom stereocenters. The molecule has 0 spiro atoms. The van der Waals surface area contributed by atoms with Gasteiger partial charge in [-0.1, -0.05) is 36.8 Å². The Kier molecular flexibility index (Phi) is 9.06. The fraction of sp³-hybridized carbons (Fsp3) is 0.562.